The molecule has 1 aromatic rings. The number of anilines is 1. The van der Waals surface area contributed by atoms with E-state index in [0.717, 1.165) is 25.7 Å². The predicted molar refractivity (Wildman–Crippen MR) is 80.1 cm³/mol. The van der Waals surface area contributed by atoms with E-state index in [2.05, 4.69) is 4.98 Å². The van der Waals surface area contributed by atoms with Crippen LogP contribution in [0.5, 0.6) is 0 Å². The Bertz CT molecular complexity index is 569. The maximum atomic E-state index is 12.6. The molecule has 1 saturated carbocycles. The molecule has 0 aromatic carbocycles. The second-order valence-electron chi connectivity index (χ2n) is 5.20. The molecule has 1 aromatic heterocycles. The quantitative estimate of drug-likeness (QED) is 0.869. The molecule has 0 unspecified atom stereocenters. The molecule has 5 nitrogen and oxygen atoms in total. The van der Waals surface area contributed by atoms with Gasteiger partial charge in [-0.25, -0.2) is 13.4 Å². The van der Waals surface area contributed by atoms with Crippen LogP contribution in [-0.4, -0.2) is 30.8 Å². The molecular formula is C13H20ClN3O2S. The Morgan fingerprint density at radius 3 is 2.45 bits per heavy atom. The van der Waals surface area contributed by atoms with E-state index >= 15 is 0 Å². The summed E-state index contributed by atoms with van der Waals surface area (Å²) in [4.78, 5) is 3.93. The summed E-state index contributed by atoms with van der Waals surface area (Å²) in [7, 11) is -1.93. The van der Waals surface area contributed by atoms with Crippen LogP contribution in [0.25, 0.3) is 0 Å². The summed E-state index contributed by atoms with van der Waals surface area (Å²) >= 11 is 5.87. The van der Waals surface area contributed by atoms with Crippen LogP contribution in [0.15, 0.2) is 17.2 Å². The Balaban J connectivity index is 2.26. The largest absolute Gasteiger partial charge is 0.382 e. The van der Waals surface area contributed by atoms with Gasteiger partial charge in [0, 0.05) is 19.3 Å². The molecule has 112 valence electrons. The SMILES string of the molecule is CN(C1CCCCCC1)S(=O)(=O)c1cnc(N)c(Cl)c1. The van der Waals surface area contributed by atoms with Crippen molar-refractivity contribution in [3.05, 3.63) is 17.3 Å². The molecule has 0 saturated heterocycles. The molecule has 1 fully saturated rings. The Morgan fingerprint density at radius 2 is 1.90 bits per heavy atom. The molecule has 0 spiro atoms. The zero-order chi connectivity index (χ0) is 14.8. The molecule has 20 heavy (non-hydrogen) atoms. The summed E-state index contributed by atoms with van der Waals surface area (Å²) < 4.78 is 26.6. The van der Waals surface area contributed by atoms with E-state index in [-0.39, 0.29) is 21.8 Å². The zero-order valence-corrected chi connectivity index (χ0v) is 13.1. The van der Waals surface area contributed by atoms with Gasteiger partial charge in [0.2, 0.25) is 10.0 Å². The van der Waals surface area contributed by atoms with Crippen molar-refractivity contribution in [1.29, 1.82) is 0 Å². The van der Waals surface area contributed by atoms with Crippen molar-refractivity contribution >= 4 is 27.4 Å². The van der Waals surface area contributed by atoms with Crippen LogP contribution in [0.4, 0.5) is 5.82 Å². The lowest BCUT2D eigenvalue weighted by molar-refractivity contribution is 0.335. The monoisotopic (exact) mass is 317 g/mol. The molecule has 1 heterocycles. The Labute approximate surface area is 125 Å². The van der Waals surface area contributed by atoms with Gasteiger partial charge in [0.1, 0.15) is 10.7 Å². The lowest BCUT2D eigenvalue weighted by atomic mass is 10.1. The van der Waals surface area contributed by atoms with E-state index in [1.807, 2.05) is 0 Å². The molecular weight excluding hydrogens is 298 g/mol. The highest BCUT2D eigenvalue weighted by molar-refractivity contribution is 7.89. The molecule has 0 bridgehead atoms. The molecule has 7 heteroatoms. The van der Waals surface area contributed by atoms with Gasteiger partial charge in [0.25, 0.3) is 0 Å². The van der Waals surface area contributed by atoms with Gasteiger partial charge in [-0.3, -0.25) is 0 Å². The average Bonchev–Trinajstić information content (AvgIpc) is 2.69. The molecule has 0 amide bonds. The molecule has 2 rings (SSSR count). The Kier molecular flexibility index (Phi) is 4.88. The molecule has 1 aliphatic rings. The first-order valence-electron chi connectivity index (χ1n) is 6.82. The second kappa shape index (κ2) is 6.28. The normalized spacial score (nSPS) is 18.1. The fourth-order valence-corrected chi connectivity index (χ4v) is 4.18. The number of nitrogens with zero attached hydrogens (tertiary/aromatic N) is 2. The van der Waals surface area contributed by atoms with Crippen molar-refractivity contribution < 1.29 is 8.42 Å². The highest BCUT2D eigenvalue weighted by Gasteiger charge is 2.29. The van der Waals surface area contributed by atoms with E-state index in [0.29, 0.717) is 0 Å². The van der Waals surface area contributed by atoms with Gasteiger partial charge in [-0.05, 0) is 18.9 Å². The van der Waals surface area contributed by atoms with Crippen molar-refractivity contribution in [2.24, 2.45) is 0 Å². The number of hydrogen-bond acceptors (Lipinski definition) is 4. The summed E-state index contributed by atoms with van der Waals surface area (Å²) in [5.41, 5.74) is 5.52. The van der Waals surface area contributed by atoms with Gasteiger partial charge in [-0.15, -0.1) is 0 Å². The van der Waals surface area contributed by atoms with Crippen molar-refractivity contribution in [3.63, 3.8) is 0 Å². The number of sulfonamides is 1. The van der Waals surface area contributed by atoms with Crippen LogP contribution in [0.1, 0.15) is 38.5 Å². The van der Waals surface area contributed by atoms with Crippen molar-refractivity contribution in [3.8, 4) is 0 Å². The van der Waals surface area contributed by atoms with Crippen molar-refractivity contribution in [1.82, 2.24) is 9.29 Å². The van der Waals surface area contributed by atoms with E-state index < -0.39 is 10.0 Å². The summed E-state index contributed by atoms with van der Waals surface area (Å²) in [6, 6.07) is 1.42. The third-order valence-electron chi connectivity index (χ3n) is 3.86. The third kappa shape index (κ3) is 3.24. The Hall–Kier alpha value is -0.850. The molecule has 0 atom stereocenters. The zero-order valence-electron chi connectivity index (χ0n) is 11.5. The van der Waals surface area contributed by atoms with Gasteiger partial charge >= 0.3 is 0 Å². The lowest BCUT2D eigenvalue weighted by Crippen LogP contribution is -2.36. The minimum Gasteiger partial charge on any atom is -0.382 e. The van der Waals surface area contributed by atoms with E-state index in [1.54, 1.807) is 7.05 Å². The maximum Gasteiger partial charge on any atom is 0.244 e. The fourth-order valence-electron chi connectivity index (χ4n) is 2.56. The van der Waals surface area contributed by atoms with Gasteiger partial charge in [0.15, 0.2) is 0 Å². The molecule has 1 aliphatic carbocycles. The summed E-state index contributed by atoms with van der Waals surface area (Å²) in [5, 5.41) is 0.167. The van der Waals surface area contributed by atoms with Crippen LogP contribution >= 0.6 is 11.6 Å². The van der Waals surface area contributed by atoms with Gasteiger partial charge in [-0.2, -0.15) is 4.31 Å². The topological polar surface area (TPSA) is 76.3 Å². The van der Waals surface area contributed by atoms with Crippen LogP contribution in [0.2, 0.25) is 5.02 Å². The number of nitrogen functional groups attached to an aromatic ring is 1. The first-order chi connectivity index (χ1) is 9.43. The van der Waals surface area contributed by atoms with Gasteiger partial charge < -0.3 is 5.73 Å². The summed E-state index contributed by atoms with van der Waals surface area (Å²) in [5.74, 6) is 0.141. The second-order valence-corrected chi connectivity index (χ2v) is 7.61. The number of rotatable bonds is 3. The van der Waals surface area contributed by atoms with Crippen LogP contribution in [-0.2, 0) is 10.0 Å². The fraction of sp³-hybridized carbons (Fsp3) is 0.615. The molecule has 0 radical (unpaired) electrons. The minimum atomic E-state index is -3.56. The highest BCUT2D eigenvalue weighted by Crippen LogP contribution is 2.27. The van der Waals surface area contributed by atoms with Crippen molar-refractivity contribution in [2.75, 3.05) is 12.8 Å². The smallest absolute Gasteiger partial charge is 0.244 e. The molecule has 2 N–H and O–H groups in total. The number of hydrogen-bond donors (Lipinski definition) is 1. The number of aromatic nitrogens is 1. The Morgan fingerprint density at radius 1 is 1.30 bits per heavy atom. The standard InChI is InChI=1S/C13H20ClN3O2S/c1-17(10-6-4-2-3-5-7-10)20(18,19)11-8-12(14)13(15)16-9-11/h8-10H,2-7H2,1H3,(H2,15,16). The first kappa shape index (κ1) is 15.5. The van der Waals surface area contributed by atoms with Crippen LogP contribution < -0.4 is 5.73 Å². The number of pyridine rings is 1. The first-order valence-corrected chi connectivity index (χ1v) is 8.64. The highest BCUT2D eigenvalue weighted by atomic mass is 35.5. The van der Waals surface area contributed by atoms with Crippen molar-refractivity contribution in [2.45, 2.75) is 49.5 Å². The van der Waals surface area contributed by atoms with Crippen LogP contribution in [0.3, 0.4) is 0 Å². The van der Waals surface area contributed by atoms with E-state index in [1.165, 1.54) is 29.4 Å². The van der Waals surface area contributed by atoms with E-state index in [4.69, 9.17) is 17.3 Å². The van der Waals surface area contributed by atoms with E-state index in [9.17, 15) is 8.42 Å². The minimum absolute atomic E-state index is 0.0545. The van der Waals surface area contributed by atoms with Gasteiger partial charge in [0.05, 0.1) is 5.02 Å². The average molecular weight is 318 g/mol. The summed E-state index contributed by atoms with van der Waals surface area (Å²) in [6.45, 7) is 0. The summed E-state index contributed by atoms with van der Waals surface area (Å²) in [6.07, 6.45) is 7.59. The third-order valence-corrected chi connectivity index (χ3v) is 6.04. The van der Waals surface area contributed by atoms with Crippen LogP contribution in [0, 0.1) is 0 Å². The number of nitrogens with two attached hydrogens (primary N) is 1. The number of halogens is 1. The van der Waals surface area contributed by atoms with Gasteiger partial charge in [-0.1, -0.05) is 37.3 Å². The maximum absolute atomic E-state index is 12.6. The molecule has 0 aliphatic heterocycles. The lowest BCUT2D eigenvalue weighted by Gasteiger charge is -2.26. The predicted octanol–water partition coefficient (Wildman–Crippen LogP) is 2.66.